The first-order chi connectivity index (χ1) is 22.4. The molecule has 11 heteroatoms. The summed E-state index contributed by atoms with van der Waals surface area (Å²) in [6, 6.07) is 16.9. The quantitative estimate of drug-likeness (QED) is 0.381. The number of carbonyl (C=O) groups excluding carboxylic acids is 3. The van der Waals surface area contributed by atoms with E-state index in [0.29, 0.717) is 42.0 Å². The summed E-state index contributed by atoms with van der Waals surface area (Å²) in [4.78, 5) is 52.1. The van der Waals surface area contributed by atoms with Gasteiger partial charge in [-0.3, -0.25) is 24.6 Å². The van der Waals surface area contributed by atoms with Crippen LogP contribution in [0.1, 0.15) is 77.1 Å². The summed E-state index contributed by atoms with van der Waals surface area (Å²) in [6.45, 7) is 5.33. The third-order valence-electron chi connectivity index (χ3n) is 9.92. The van der Waals surface area contributed by atoms with Gasteiger partial charge < -0.3 is 15.1 Å². The zero-order valence-corrected chi connectivity index (χ0v) is 25.8. The molecule has 236 valence electrons. The molecule has 0 bridgehead atoms. The summed E-state index contributed by atoms with van der Waals surface area (Å²) in [5, 5.41) is 14.7. The third kappa shape index (κ3) is 6.30. The van der Waals surface area contributed by atoms with Crippen molar-refractivity contribution in [2.24, 2.45) is 0 Å². The zero-order valence-electron chi connectivity index (χ0n) is 25.8. The number of likely N-dealkylation sites (tertiary alicyclic amines) is 1. The molecule has 3 aromatic rings. The predicted octanol–water partition coefficient (Wildman–Crippen LogP) is 3.57. The Hall–Kier alpha value is -4.82. The van der Waals surface area contributed by atoms with Gasteiger partial charge in [-0.15, -0.1) is 0 Å². The fraction of sp³-hybridized carbons (Fsp3) is 0.429. The fourth-order valence-electron chi connectivity index (χ4n) is 7.27. The van der Waals surface area contributed by atoms with Crippen molar-refractivity contribution in [3.63, 3.8) is 0 Å². The maximum Gasteiger partial charge on any atom is 0.255 e. The molecule has 0 radical (unpaired) electrons. The smallest absolute Gasteiger partial charge is 0.255 e. The molecule has 5 heterocycles. The van der Waals surface area contributed by atoms with E-state index in [9.17, 15) is 14.4 Å². The predicted molar refractivity (Wildman–Crippen MR) is 172 cm³/mol. The lowest BCUT2D eigenvalue weighted by atomic mass is 9.87. The van der Waals surface area contributed by atoms with Crippen LogP contribution in [0.4, 0.5) is 11.6 Å². The van der Waals surface area contributed by atoms with Crippen LogP contribution in [0, 0.1) is 11.3 Å². The lowest BCUT2D eigenvalue weighted by molar-refractivity contribution is -0.136. The van der Waals surface area contributed by atoms with Crippen LogP contribution in [0.3, 0.4) is 0 Å². The van der Waals surface area contributed by atoms with Gasteiger partial charge in [0.05, 0.1) is 18.0 Å². The Kier molecular flexibility index (Phi) is 8.37. The molecule has 3 amide bonds. The maximum absolute atomic E-state index is 13.1. The maximum atomic E-state index is 13.1. The summed E-state index contributed by atoms with van der Waals surface area (Å²) in [5.41, 5.74) is 5.96. The number of nitrogens with zero attached hydrogens (tertiary/aromatic N) is 6. The lowest BCUT2D eigenvalue weighted by Crippen LogP contribution is -2.52. The van der Waals surface area contributed by atoms with Crippen LogP contribution < -0.4 is 15.5 Å². The minimum absolute atomic E-state index is 0.117. The van der Waals surface area contributed by atoms with E-state index in [0.717, 1.165) is 64.0 Å². The van der Waals surface area contributed by atoms with Gasteiger partial charge in [0.15, 0.2) is 0 Å². The minimum atomic E-state index is -0.579. The van der Waals surface area contributed by atoms with E-state index in [-0.39, 0.29) is 24.1 Å². The summed E-state index contributed by atoms with van der Waals surface area (Å²) < 4.78 is 0. The van der Waals surface area contributed by atoms with Crippen molar-refractivity contribution >= 4 is 29.4 Å². The number of hydrogen-bond donors (Lipinski definition) is 2. The number of amides is 3. The van der Waals surface area contributed by atoms with Crippen LogP contribution in [0.2, 0.25) is 0 Å². The Morgan fingerprint density at radius 2 is 1.65 bits per heavy atom. The molecule has 1 aromatic heterocycles. The van der Waals surface area contributed by atoms with E-state index in [1.807, 2.05) is 12.1 Å². The minimum Gasteiger partial charge on any atom is -0.371 e. The van der Waals surface area contributed by atoms with Crippen LogP contribution in [0.15, 0.2) is 54.9 Å². The number of anilines is 2. The Bertz CT molecular complexity index is 1650. The van der Waals surface area contributed by atoms with E-state index in [4.69, 9.17) is 5.26 Å². The van der Waals surface area contributed by atoms with Gasteiger partial charge in [0.25, 0.3) is 5.91 Å². The average Bonchev–Trinajstić information content (AvgIpc) is 3.41. The van der Waals surface area contributed by atoms with Crippen LogP contribution in [0.5, 0.6) is 0 Å². The molecule has 11 nitrogen and oxygen atoms in total. The summed E-state index contributed by atoms with van der Waals surface area (Å²) in [5.74, 6) is 0.269. The molecule has 0 saturated carbocycles. The molecule has 1 unspecified atom stereocenters. The van der Waals surface area contributed by atoms with Crippen molar-refractivity contribution in [2.45, 2.75) is 69.6 Å². The van der Waals surface area contributed by atoms with Crippen molar-refractivity contribution in [1.82, 2.24) is 25.1 Å². The first-order valence-electron chi connectivity index (χ1n) is 16.3. The van der Waals surface area contributed by atoms with Gasteiger partial charge in [-0.2, -0.15) is 5.26 Å². The second-order valence-electron chi connectivity index (χ2n) is 12.8. The fourth-order valence-corrected chi connectivity index (χ4v) is 7.27. The summed E-state index contributed by atoms with van der Waals surface area (Å²) in [7, 11) is 0. The molecule has 3 saturated heterocycles. The Morgan fingerprint density at radius 1 is 0.913 bits per heavy atom. The van der Waals surface area contributed by atoms with Gasteiger partial charge in [-0.1, -0.05) is 24.3 Å². The van der Waals surface area contributed by atoms with Gasteiger partial charge in [-0.05, 0) is 86.0 Å². The molecule has 0 spiro atoms. The molecular weight excluding hydrogens is 580 g/mol. The topological polar surface area (TPSA) is 135 Å². The number of fused-ring (bicyclic) bond motifs is 1. The van der Waals surface area contributed by atoms with Crippen molar-refractivity contribution in [3.8, 4) is 6.07 Å². The highest BCUT2D eigenvalue weighted by Crippen LogP contribution is 2.34. The number of benzene rings is 2. The lowest BCUT2D eigenvalue weighted by Gasteiger charge is -2.34. The van der Waals surface area contributed by atoms with Crippen molar-refractivity contribution in [3.05, 3.63) is 82.7 Å². The number of piperidine rings is 3. The SMILES string of the molecule is N#Cc1cnc(NC2CCN(c3ccc(CN4CCC(c5ccc6c(c5)CN(C5CCC(=O)NC5=O)C6=O)CC4)cc3)CC2)nc1. The first-order valence-corrected chi connectivity index (χ1v) is 16.3. The first kappa shape index (κ1) is 29.9. The third-order valence-corrected chi connectivity index (χ3v) is 9.92. The van der Waals surface area contributed by atoms with Crippen LogP contribution in [0.25, 0.3) is 0 Å². The average molecular weight is 619 g/mol. The number of carbonyl (C=O) groups is 3. The largest absolute Gasteiger partial charge is 0.371 e. The number of hydrogen-bond acceptors (Lipinski definition) is 9. The Labute approximate surface area is 268 Å². The Morgan fingerprint density at radius 3 is 2.35 bits per heavy atom. The second-order valence-corrected chi connectivity index (χ2v) is 12.8. The Balaban J connectivity index is 0.876. The molecule has 2 N–H and O–H groups in total. The highest BCUT2D eigenvalue weighted by molar-refractivity contribution is 6.05. The molecule has 46 heavy (non-hydrogen) atoms. The number of imide groups is 1. The van der Waals surface area contributed by atoms with E-state index >= 15 is 0 Å². The molecular formula is C35H38N8O3. The number of rotatable bonds is 7. The van der Waals surface area contributed by atoms with Crippen LogP contribution >= 0.6 is 0 Å². The highest BCUT2D eigenvalue weighted by Gasteiger charge is 2.39. The molecule has 2 aromatic carbocycles. The molecule has 4 aliphatic heterocycles. The molecule has 1 atom stereocenters. The van der Waals surface area contributed by atoms with Gasteiger partial charge in [0.2, 0.25) is 17.8 Å². The van der Waals surface area contributed by atoms with Gasteiger partial charge in [0, 0.05) is 49.9 Å². The van der Waals surface area contributed by atoms with Gasteiger partial charge in [0.1, 0.15) is 12.1 Å². The molecule has 7 rings (SSSR count). The number of aromatic nitrogens is 2. The second kappa shape index (κ2) is 12.9. The van der Waals surface area contributed by atoms with E-state index in [1.54, 1.807) is 17.3 Å². The normalized spacial score (nSPS) is 21.2. The summed E-state index contributed by atoms with van der Waals surface area (Å²) >= 11 is 0. The van der Waals surface area contributed by atoms with Crippen molar-refractivity contribution in [2.75, 3.05) is 36.4 Å². The van der Waals surface area contributed by atoms with E-state index < -0.39 is 6.04 Å². The van der Waals surface area contributed by atoms with Gasteiger partial charge in [-0.25, -0.2) is 9.97 Å². The van der Waals surface area contributed by atoms with Crippen LogP contribution in [-0.4, -0.2) is 75.8 Å². The number of nitrogens with one attached hydrogen (secondary N) is 2. The van der Waals surface area contributed by atoms with Crippen molar-refractivity contribution < 1.29 is 14.4 Å². The van der Waals surface area contributed by atoms with Crippen molar-refractivity contribution in [1.29, 1.82) is 5.26 Å². The number of nitriles is 1. The molecule has 4 aliphatic rings. The van der Waals surface area contributed by atoms with E-state index in [1.165, 1.54) is 16.8 Å². The zero-order chi connectivity index (χ0) is 31.6. The van der Waals surface area contributed by atoms with Gasteiger partial charge >= 0.3 is 0 Å². The molecule has 3 fully saturated rings. The molecule has 0 aliphatic carbocycles. The van der Waals surface area contributed by atoms with Crippen LogP contribution in [-0.2, 0) is 22.7 Å². The monoisotopic (exact) mass is 618 g/mol. The van der Waals surface area contributed by atoms with E-state index in [2.05, 4.69) is 66.8 Å². The standard InChI is InChI=1S/C35H38N8O3/c36-18-24-19-37-35(38-20-24)39-28-11-15-42(16-12-28)29-4-1-23(2-5-29)21-41-13-9-25(10-14-41)26-3-6-30-27(17-26)22-43(34(30)46)31-7-8-32(44)40-33(31)45/h1-6,17,19-20,25,28,31H,7-16,21-22H2,(H,37,38,39)(H,40,44,45). The summed E-state index contributed by atoms with van der Waals surface area (Å²) in [6.07, 6.45) is 7.88. The highest BCUT2D eigenvalue weighted by atomic mass is 16.2.